The van der Waals surface area contributed by atoms with Gasteiger partial charge in [0, 0.05) is 38.7 Å². The molecule has 2 aliphatic rings. The van der Waals surface area contributed by atoms with Crippen LogP contribution in [0.15, 0.2) is 24.5 Å². The lowest BCUT2D eigenvalue weighted by molar-refractivity contribution is -0.119. The van der Waals surface area contributed by atoms with Crippen molar-refractivity contribution in [2.24, 2.45) is 11.8 Å². The third kappa shape index (κ3) is 4.79. The molecule has 0 unspecified atom stereocenters. The van der Waals surface area contributed by atoms with Gasteiger partial charge in [0.2, 0.25) is 17.8 Å². The molecule has 1 atom stereocenters. The largest absolute Gasteiger partial charge is 0.381 e. The molecule has 4 heterocycles. The maximum Gasteiger partial charge on any atom is 0.231 e. The van der Waals surface area contributed by atoms with Gasteiger partial charge in [-0.1, -0.05) is 0 Å². The Labute approximate surface area is 163 Å². The van der Waals surface area contributed by atoms with E-state index in [0.29, 0.717) is 35.7 Å². The minimum absolute atomic E-state index is 0.0349. The fourth-order valence-corrected chi connectivity index (χ4v) is 3.42. The Morgan fingerprint density at radius 1 is 1.07 bits per heavy atom. The highest BCUT2D eigenvalue weighted by Gasteiger charge is 2.23. The van der Waals surface area contributed by atoms with Crippen LogP contribution in [-0.2, 0) is 9.53 Å². The lowest BCUT2D eigenvalue weighted by atomic mass is 10.0. The van der Waals surface area contributed by atoms with Gasteiger partial charge in [-0.25, -0.2) is 19.9 Å². The first-order valence-corrected chi connectivity index (χ1v) is 9.77. The van der Waals surface area contributed by atoms with Crippen molar-refractivity contribution >= 4 is 17.8 Å². The maximum absolute atomic E-state index is 12.3. The number of aromatic nitrogens is 4. The Bertz CT molecular complexity index is 804. The van der Waals surface area contributed by atoms with Crippen LogP contribution in [0.1, 0.15) is 19.3 Å². The number of carbonyl (C=O) groups excluding carboxylic acids is 1. The Balaban J connectivity index is 1.41. The molecule has 0 aromatic carbocycles. The van der Waals surface area contributed by atoms with Gasteiger partial charge in [0.25, 0.3) is 0 Å². The van der Waals surface area contributed by atoms with E-state index in [1.54, 1.807) is 24.5 Å². The molecular formula is C19H25N7O2. The van der Waals surface area contributed by atoms with Crippen molar-refractivity contribution < 1.29 is 9.53 Å². The lowest BCUT2D eigenvalue weighted by Crippen LogP contribution is -2.25. The minimum Gasteiger partial charge on any atom is -0.381 e. The quantitative estimate of drug-likeness (QED) is 0.684. The molecule has 2 fully saturated rings. The number of nitrogens with zero attached hydrogens (tertiary/aromatic N) is 4. The van der Waals surface area contributed by atoms with E-state index in [9.17, 15) is 4.79 Å². The number of amides is 1. The first kappa shape index (κ1) is 18.7. The molecule has 3 N–H and O–H groups in total. The predicted octanol–water partition coefficient (Wildman–Crippen LogP) is 1.32. The van der Waals surface area contributed by atoms with Crippen molar-refractivity contribution in [3.05, 3.63) is 24.5 Å². The van der Waals surface area contributed by atoms with E-state index in [0.717, 1.165) is 45.6 Å². The number of rotatable bonds is 6. The first-order valence-electron chi connectivity index (χ1n) is 9.77. The van der Waals surface area contributed by atoms with E-state index in [4.69, 9.17) is 4.74 Å². The van der Waals surface area contributed by atoms with E-state index in [1.165, 1.54) is 0 Å². The fraction of sp³-hybridized carbons (Fsp3) is 0.526. The molecule has 4 rings (SSSR count). The van der Waals surface area contributed by atoms with E-state index in [-0.39, 0.29) is 11.8 Å². The van der Waals surface area contributed by atoms with E-state index in [1.807, 2.05) is 0 Å². The summed E-state index contributed by atoms with van der Waals surface area (Å²) in [5.41, 5.74) is 1.33. The van der Waals surface area contributed by atoms with Gasteiger partial charge in [0.15, 0.2) is 0 Å². The summed E-state index contributed by atoms with van der Waals surface area (Å²) < 4.78 is 5.39. The molecular weight excluding hydrogens is 358 g/mol. The first-order chi connectivity index (χ1) is 13.8. The number of hydrogen-bond donors (Lipinski definition) is 3. The second kappa shape index (κ2) is 9.03. The Hall–Kier alpha value is -2.65. The van der Waals surface area contributed by atoms with Crippen molar-refractivity contribution in [2.45, 2.75) is 19.3 Å². The van der Waals surface area contributed by atoms with E-state index < -0.39 is 0 Å². The number of ether oxygens (including phenoxy) is 1. The second-order valence-electron chi connectivity index (χ2n) is 7.15. The summed E-state index contributed by atoms with van der Waals surface area (Å²) in [6, 6.07) is 3.58. The van der Waals surface area contributed by atoms with Gasteiger partial charge in [0.1, 0.15) is 0 Å². The average Bonchev–Trinajstić information content (AvgIpc) is 3.29. The highest BCUT2D eigenvalue weighted by Crippen LogP contribution is 2.19. The zero-order valence-corrected chi connectivity index (χ0v) is 15.7. The van der Waals surface area contributed by atoms with Gasteiger partial charge in [-0.15, -0.1) is 0 Å². The third-order valence-electron chi connectivity index (χ3n) is 5.13. The maximum atomic E-state index is 12.3. The van der Waals surface area contributed by atoms with Crippen molar-refractivity contribution in [2.75, 3.05) is 43.5 Å². The summed E-state index contributed by atoms with van der Waals surface area (Å²) in [6.07, 6.45) is 6.28. The zero-order chi connectivity index (χ0) is 19.2. The third-order valence-corrected chi connectivity index (χ3v) is 5.13. The highest BCUT2D eigenvalue weighted by atomic mass is 16.5. The van der Waals surface area contributed by atoms with Crippen LogP contribution in [0.3, 0.4) is 0 Å². The molecule has 0 spiro atoms. The van der Waals surface area contributed by atoms with E-state index in [2.05, 4.69) is 35.9 Å². The molecule has 0 aliphatic carbocycles. The fourth-order valence-electron chi connectivity index (χ4n) is 3.42. The summed E-state index contributed by atoms with van der Waals surface area (Å²) in [6.45, 7) is 4.02. The smallest absolute Gasteiger partial charge is 0.231 e. The normalized spacial score (nSPS) is 20.1. The monoisotopic (exact) mass is 383 g/mol. The highest BCUT2D eigenvalue weighted by molar-refractivity contribution is 5.91. The van der Waals surface area contributed by atoms with E-state index >= 15 is 0 Å². The summed E-state index contributed by atoms with van der Waals surface area (Å²) in [4.78, 5) is 29.7. The molecule has 0 radical (unpaired) electrons. The molecule has 0 bridgehead atoms. The topological polar surface area (TPSA) is 114 Å². The van der Waals surface area contributed by atoms with Gasteiger partial charge >= 0.3 is 0 Å². The van der Waals surface area contributed by atoms with Gasteiger partial charge in [-0.05, 0) is 43.9 Å². The Morgan fingerprint density at radius 3 is 2.50 bits per heavy atom. The van der Waals surface area contributed by atoms with Crippen LogP contribution in [-0.4, -0.2) is 58.7 Å². The van der Waals surface area contributed by atoms with Crippen LogP contribution in [0.25, 0.3) is 11.4 Å². The summed E-state index contributed by atoms with van der Waals surface area (Å²) in [5, 5.41) is 9.30. The zero-order valence-electron chi connectivity index (χ0n) is 15.7. The number of carbonyl (C=O) groups is 1. The summed E-state index contributed by atoms with van der Waals surface area (Å²) in [7, 11) is 0. The van der Waals surface area contributed by atoms with Crippen molar-refractivity contribution in [1.29, 1.82) is 0 Å². The molecule has 2 aromatic heterocycles. The standard InChI is InChI=1S/C19H25N7O2/c27-17(14-1-6-20-12-14)26-19-22-8-3-16(25-19)15-2-7-21-18(24-15)23-11-13-4-9-28-10-5-13/h2-3,7-8,13-14,20H,1,4-6,9-12H2,(H,21,23,24)(H,22,25,26,27)/t14-/m1/s1. The van der Waals surface area contributed by atoms with Gasteiger partial charge in [-0.3, -0.25) is 10.1 Å². The Kier molecular flexibility index (Phi) is 6.03. The molecule has 2 aromatic rings. The van der Waals surface area contributed by atoms with Crippen molar-refractivity contribution in [1.82, 2.24) is 25.3 Å². The molecule has 148 valence electrons. The summed E-state index contributed by atoms with van der Waals surface area (Å²) in [5.74, 6) is 1.36. The molecule has 1 amide bonds. The lowest BCUT2D eigenvalue weighted by Gasteiger charge is -2.22. The van der Waals surface area contributed by atoms with Crippen LogP contribution >= 0.6 is 0 Å². The molecule has 9 heteroatoms. The summed E-state index contributed by atoms with van der Waals surface area (Å²) >= 11 is 0. The van der Waals surface area contributed by atoms with Crippen molar-refractivity contribution in [3.63, 3.8) is 0 Å². The van der Waals surface area contributed by atoms with Crippen LogP contribution in [0, 0.1) is 11.8 Å². The molecule has 28 heavy (non-hydrogen) atoms. The number of anilines is 2. The Morgan fingerprint density at radius 2 is 1.79 bits per heavy atom. The molecule has 2 aliphatic heterocycles. The van der Waals surface area contributed by atoms with Crippen LogP contribution < -0.4 is 16.0 Å². The van der Waals surface area contributed by atoms with Crippen LogP contribution in [0.5, 0.6) is 0 Å². The minimum atomic E-state index is -0.0522. The van der Waals surface area contributed by atoms with Gasteiger partial charge in [0.05, 0.1) is 17.3 Å². The number of nitrogens with one attached hydrogen (secondary N) is 3. The second-order valence-corrected chi connectivity index (χ2v) is 7.15. The van der Waals surface area contributed by atoms with Crippen LogP contribution in [0.4, 0.5) is 11.9 Å². The molecule has 9 nitrogen and oxygen atoms in total. The molecule has 2 saturated heterocycles. The number of hydrogen-bond acceptors (Lipinski definition) is 8. The predicted molar refractivity (Wildman–Crippen MR) is 105 cm³/mol. The van der Waals surface area contributed by atoms with Gasteiger partial charge < -0.3 is 15.4 Å². The van der Waals surface area contributed by atoms with Crippen LogP contribution in [0.2, 0.25) is 0 Å². The average molecular weight is 383 g/mol. The van der Waals surface area contributed by atoms with Crippen molar-refractivity contribution in [3.8, 4) is 11.4 Å². The SMILES string of the molecule is O=C(Nc1nccc(-c2ccnc(NCC3CCOCC3)n2)n1)[C@@H]1CCNC1. The van der Waals surface area contributed by atoms with Gasteiger partial charge in [-0.2, -0.15) is 0 Å². The molecule has 0 saturated carbocycles.